The molecule has 1 fully saturated rings. The molecule has 0 amide bonds. The van der Waals surface area contributed by atoms with Gasteiger partial charge in [-0.05, 0) is 24.0 Å². The first kappa shape index (κ1) is 26.2. The van der Waals surface area contributed by atoms with Crippen molar-refractivity contribution in [3.63, 3.8) is 0 Å². The molecule has 1 aliphatic carbocycles. The summed E-state index contributed by atoms with van der Waals surface area (Å²) in [6.45, 7) is 3.64. The minimum atomic E-state index is -1.59. The summed E-state index contributed by atoms with van der Waals surface area (Å²) in [7, 11) is 0. The molecule has 0 aliphatic heterocycles. The number of hydrogen-bond acceptors (Lipinski definition) is 3. The van der Waals surface area contributed by atoms with Gasteiger partial charge in [0.2, 0.25) is 0 Å². The molecule has 182 valence electrons. The Kier molecular flexibility index (Phi) is 9.48. The van der Waals surface area contributed by atoms with E-state index in [1.165, 1.54) is 5.56 Å². The first-order chi connectivity index (χ1) is 16.1. The molecule has 5 nitrogen and oxygen atoms in total. The monoisotopic (exact) mass is 526 g/mol. The number of hydrogen-bond donors (Lipinski definition) is 1. The van der Waals surface area contributed by atoms with E-state index in [9.17, 15) is 9.90 Å². The van der Waals surface area contributed by atoms with Crippen LogP contribution in [0.3, 0.4) is 0 Å². The van der Waals surface area contributed by atoms with Crippen molar-refractivity contribution in [3.05, 3.63) is 90.0 Å². The number of carbonyl (C=O) groups is 1. The van der Waals surface area contributed by atoms with E-state index in [4.69, 9.17) is 4.74 Å². The maximum Gasteiger partial charge on any atom is 0.343 e. The Morgan fingerprint density at radius 3 is 2.29 bits per heavy atom. The van der Waals surface area contributed by atoms with Crippen LogP contribution >= 0.6 is 0 Å². The minimum Gasteiger partial charge on any atom is -1.00 e. The van der Waals surface area contributed by atoms with E-state index in [0.29, 0.717) is 12.1 Å². The maximum atomic E-state index is 13.3. The molecule has 0 saturated heterocycles. The van der Waals surface area contributed by atoms with Crippen LogP contribution in [-0.4, -0.2) is 22.2 Å². The van der Waals surface area contributed by atoms with Crippen molar-refractivity contribution in [1.29, 1.82) is 0 Å². The van der Waals surface area contributed by atoms with Gasteiger partial charge in [-0.15, -0.1) is 0 Å². The summed E-state index contributed by atoms with van der Waals surface area (Å²) in [6.07, 6.45) is 10.1. The van der Waals surface area contributed by atoms with Gasteiger partial charge >= 0.3 is 5.97 Å². The third-order valence-electron chi connectivity index (χ3n) is 6.99. The van der Waals surface area contributed by atoms with E-state index in [1.807, 2.05) is 54.7 Å². The van der Waals surface area contributed by atoms with E-state index < -0.39 is 11.6 Å². The number of halogens is 1. The number of ether oxygens (including phenoxy) is 1. The molecule has 1 heterocycles. The molecule has 0 bridgehead atoms. The topological polar surface area (TPSA) is 55.3 Å². The fourth-order valence-electron chi connectivity index (χ4n) is 4.98. The molecule has 1 N–H and O–H groups in total. The van der Waals surface area contributed by atoms with Gasteiger partial charge in [-0.2, -0.15) is 0 Å². The Morgan fingerprint density at radius 1 is 1.03 bits per heavy atom. The highest BCUT2D eigenvalue weighted by Gasteiger charge is 2.46. The molecule has 3 aromatic rings. The average Bonchev–Trinajstić information content (AvgIpc) is 3.04. The zero-order valence-corrected chi connectivity index (χ0v) is 21.5. The quantitative estimate of drug-likeness (QED) is 0.275. The molecule has 2 aromatic carbocycles. The molecule has 1 saturated carbocycles. The van der Waals surface area contributed by atoms with E-state index in [2.05, 4.69) is 34.4 Å². The van der Waals surface area contributed by atoms with E-state index in [-0.39, 0.29) is 29.5 Å². The predicted molar refractivity (Wildman–Crippen MR) is 127 cm³/mol. The Labute approximate surface area is 213 Å². The minimum absolute atomic E-state index is 0. The number of aliphatic hydroxyl groups is 1. The molecule has 0 spiro atoms. The lowest BCUT2D eigenvalue weighted by Gasteiger charge is -2.34. The van der Waals surface area contributed by atoms with Crippen molar-refractivity contribution in [3.8, 4) is 0 Å². The molecule has 4 rings (SSSR count). The van der Waals surface area contributed by atoms with Crippen molar-refractivity contribution < 1.29 is 36.2 Å². The van der Waals surface area contributed by atoms with Crippen LogP contribution in [0.5, 0.6) is 0 Å². The standard InChI is InChI=1S/C28H35N2O3.BrH/c1-23-29(18-19-30(23)22-24-12-6-4-7-13-24)20-21-33-27(31)28(32,26-16-10-5-11-17-26)25-14-8-2-3-9-15-25;/h4-7,10-13,16-19,25,32H,2-3,8-9,14-15,20-22H2,1H3;1H/q+1;/p-1. The number of aromatic nitrogens is 2. The maximum absolute atomic E-state index is 13.3. The number of nitrogens with zero attached hydrogens (tertiary/aromatic N) is 2. The first-order valence-corrected chi connectivity index (χ1v) is 12.1. The molecule has 1 unspecified atom stereocenters. The Balaban J connectivity index is 0.00000324. The second kappa shape index (κ2) is 12.3. The highest BCUT2D eigenvalue weighted by atomic mass is 79.9. The van der Waals surface area contributed by atoms with Gasteiger partial charge in [-0.25, -0.2) is 13.9 Å². The lowest BCUT2D eigenvalue weighted by molar-refractivity contribution is -0.694. The van der Waals surface area contributed by atoms with Gasteiger partial charge < -0.3 is 26.8 Å². The van der Waals surface area contributed by atoms with Crippen LogP contribution < -0.4 is 21.5 Å². The Hall–Kier alpha value is -2.44. The van der Waals surface area contributed by atoms with E-state index in [1.54, 1.807) is 0 Å². The first-order valence-electron chi connectivity index (χ1n) is 12.1. The zero-order valence-electron chi connectivity index (χ0n) is 19.9. The van der Waals surface area contributed by atoms with Crippen LogP contribution in [0.4, 0.5) is 0 Å². The van der Waals surface area contributed by atoms with Gasteiger partial charge in [0.15, 0.2) is 5.60 Å². The van der Waals surface area contributed by atoms with Crippen LogP contribution in [0.1, 0.15) is 55.5 Å². The van der Waals surface area contributed by atoms with Gasteiger partial charge in [-0.1, -0.05) is 86.3 Å². The smallest absolute Gasteiger partial charge is 0.343 e. The van der Waals surface area contributed by atoms with Crippen molar-refractivity contribution in [2.75, 3.05) is 6.61 Å². The molecule has 34 heavy (non-hydrogen) atoms. The lowest BCUT2D eigenvalue weighted by Crippen LogP contribution is -3.00. The van der Waals surface area contributed by atoms with E-state index >= 15 is 0 Å². The van der Waals surface area contributed by atoms with Crippen LogP contribution in [-0.2, 0) is 28.2 Å². The highest BCUT2D eigenvalue weighted by Crippen LogP contribution is 2.39. The third-order valence-corrected chi connectivity index (χ3v) is 6.99. The summed E-state index contributed by atoms with van der Waals surface area (Å²) in [6, 6.07) is 19.7. The fourth-order valence-corrected chi connectivity index (χ4v) is 4.98. The molecular weight excluding hydrogens is 492 g/mol. The van der Waals surface area contributed by atoms with Gasteiger partial charge in [0, 0.05) is 12.8 Å². The summed E-state index contributed by atoms with van der Waals surface area (Å²) in [5, 5.41) is 11.7. The Morgan fingerprint density at radius 2 is 1.65 bits per heavy atom. The van der Waals surface area contributed by atoms with Crippen LogP contribution in [0.2, 0.25) is 0 Å². The largest absolute Gasteiger partial charge is 1.00 e. The van der Waals surface area contributed by atoms with Crippen LogP contribution in [0.15, 0.2) is 73.1 Å². The summed E-state index contributed by atoms with van der Waals surface area (Å²) >= 11 is 0. The fraction of sp³-hybridized carbons (Fsp3) is 0.429. The van der Waals surface area contributed by atoms with Crippen molar-refractivity contribution in [2.24, 2.45) is 5.92 Å². The number of benzene rings is 2. The van der Waals surface area contributed by atoms with Gasteiger partial charge in [0.05, 0.1) is 0 Å². The van der Waals surface area contributed by atoms with Crippen molar-refractivity contribution in [2.45, 2.75) is 64.1 Å². The molecule has 1 atom stereocenters. The number of esters is 1. The summed E-state index contributed by atoms with van der Waals surface area (Å²) in [4.78, 5) is 13.3. The summed E-state index contributed by atoms with van der Waals surface area (Å²) in [5.74, 6) is 0.454. The normalized spacial score (nSPS) is 16.2. The van der Waals surface area contributed by atoms with Gasteiger partial charge in [-0.3, -0.25) is 0 Å². The lowest BCUT2D eigenvalue weighted by atomic mass is 9.77. The second-order valence-electron chi connectivity index (χ2n) is 9.11. The van der Waals surface area contributed by atoms with Crippen molar-refractivity contribution >= 4 is 5.97 Å². The average molecular weight is 528 g/mol. The number of imidazole rings is 1. The molecule has 6 heteroatoms. The van der Waals surface area contributed by atoms with Crippen LogP contribution in [0.25, 0.3) is 0 Å². The number of carbonyl (C=O) groups excluding carboxylic acids is 1. The molecule has 1 aliphatic rings. The zero-order chi connectivity index (χ0) is 23.1. The molecule has 1 aromatic heterocycles. The van der Waals surface area contributed by atoms with Gasteiger partial charge in [0.25, 0.3) is 5.82 Å². The summed E-state index contributed by atoms with van der Waals surface area (Å²) < 4.78 is 9.99. The number of rotatable bonds is 8. The predicted octanol–water partition coefficient (Wildman–Crippen LogP) is 1.54. The van der Waals surface area contributed by atoms with Crippen LogP contribution in [0, 0.1) is 12.8 Å². The second-order valence-corrected chi connectivity index (χ2v) is 9.11. The molecule has 0 radical (unpaired) electrons. The molecular formula is C28H35BrN2O3. The highest BCUT2D eigenvalue weighted by molar-refractivity contribution is 5.81. The van der Waals surface area contributed by atoms with Gasteiger partial charge in [0.1, 0.15) is 32.1 Å². The SMILES string of the molecule is Cc1n(CCOC(=O)C(O)(c2ccccc2)C2CCCCCC2)cc[n+]1Cc1ccccc1.[Br-]. The Bertz CT molecular complexity index is 1030. The van der Waals surface area contributed by atoms with Crippen molar-refractivity contribution in [1.82, 2.24) is 4.57 Å². The summed E-state index contributed by atoms with van der Waals surface area (Å²) in [5.41, 5.74) is 0.288. The third kappa shape index (κ3) is 5.97. The van der Waals surface area contributed by atoms with E-state index in [0.717, 1.165) is 50.9 Å².